The van der Waals surface area contributed by atoms with E-state index in [0.717, 1.165) is 29.8 Å². The first-order valence-corrected chi connectivity index (χ1v) is 8.32. The summed E-state index contributed by atoms with van der Waals surface area (Å²) in [7, 11) is 0. The van der Waals surface area contributed by atoms with Crippen LogP contribution >= 0.6 is 15.9 Å². The summed E-state index contributed by atoms with van der Waals surface area (Å²) in [4.78, 5) is 0. The maximum Gasteiger partial charge on any atom is 0.120 e. The highest BCUT2D eigenvalue weighted by molar-refractivity contribution is 9.10. The summed E-state index contributed by atoms with van der Waals surface area (Å²) in [6.07, 6.45) is 3.82. The van der Waals surface area contributed by atoms with Crippen molar-refractivity contribution in [2.45, 2.75) is 45.3 Å². The van der Waals surface area contributed by atoms with Gasteiger partial charge in [-0.05, 0) is 50.4 Å². The van der Waals surface area contributed by atoms with Crippen molar-refractivity contribution in [1.82, 2.24) is 5.32 Å². The molecule has 1 saturated heterocycles. The van der Waals surface area contributed by atoms with E-state index in [1.54, 1.807) is 0 Å². The van der Waals surface area contributed by atoms with Gasteiger partial charge in [0.15, 0.2) is 0 Å². The Morgan fingerprint density at radius 2 is 2.25 bits per heavy atom. The molecule has 1 heterocycles. The van der Waals surface area contributed by atoms with Crippen LogP contribution in [0.25, 0.3) is 0 Å². The second kappa shape index (κ2) is 8.01. The molecule has 0 spiro atoms. The summed E-state index contributed by atoms with van der Waals surface area (Å²) in [6, 6.07) is 6.47. The van der Waals surface area contributed by atoms with Crippen LogP contribution in [0.5, 0.6) is 5.75 Å². The Morgan fingerprint density at radius 3 is 2.85 bits per heavy atom. The monoisotopic (exact) mass is 341 g/mol. The van der Waals surface area contributed by atoms with E-state index >= 15 is 0 Å². The number of hydrogen-bond acceptors (Lipinski definition) is 3. The van der Waals surface area contributed by atoms with Gasteiger partial charge in [0.2, 0.25) is 0 Å². The molecular formula is C16H24BrNO2. The summed E-state index contributed by atoms with van der Waals surface area (Å²) in [5.41, 5.74) is 1.25. The maximum absolute atomic E-state index is 5.97. The van der Waals surface area contributed by atoms with Crippen LogP contribution in [0.1, 0.15) is 44.7 Å². The minimum Gasteiger partial charge on any atom is -0.494 e. The SMILES string of the molecule is CCNC(c1ccc(OCC)cc1Br)C1CCCCO1. The van der Waals surface area contributed by atoms with Crippen LogP contribution in [0.15, 0.2) is 22.7 Å². The molecule has 1 aliphatic rings. The van der Waals surface area contributed by atoms with Crippen LogP contribution in [-0.4, -0.2) is 25.9 Å². The van der Waals surface area contributed by atoms with Crippen molar-refractivity contribution < 1.29 is 9.47 Å². The molecule has 2 unspecified atom stereocenters. The van der Waals surface area contributed by atoms with E-state index in [9.17, 15) is 0 Å². The Balaban J connectivity index is 2.19. The Hall–Kier alpha value is -0.580. The Kier molecular flexibility index (Phi) is 6.33. The molecule has 1 aromatic rings. The second-order valence-corrected chi connectivity index (χ2v) is 5.91. The fourth-order valence-electron chi connectivity index (χ4n) is 2.71. The highest BCUT2D eigenvalue weighted by Crippen LogP contribution is 2.33. The zero-order chi connectivity index (χ0) is 14.4. The van der Waals surface area contributed by atoms with E-state index in [1.807, 2.05) is 19.1 Å². The molecule has 0 saturated carbocycles. The van der Waals surface area contributed by atoms with Crippen molar-refractivity contribution >= 4 is 15.9 Å². The molecule has 0 bridgehead atoms. The van der Waals surface area contributed by atoms with Crippen LogP contribution in [0.2, 0.25) is 0 Å². The van der Waals surface area contributed by atoms with Crippen molar-refractivity contribution in [3.63, 3.8) is 0 Å². The molecule has 1 fully saturated rings. The molecule has 20 heavy (non-hydrogen) atoms. The number of rotatable bonds is 6. The summed E-state index contributed by atoms with van der Waals surface area (Å²) < 4.78 is 12.6. The van der Waals surface area contributed by atoms with Crippen molar-refractivity contribution in [3.8, 4) is 5.75 Å². The van der Waals surface area contributed by atoms with E-state index in [-0.39, 0.29) is 12.1 Å². The van der Waals surface area contributed by atoms with E-state index in [1.165, 1.54) is 18.4 Å². The number of benzene rings is 1. The highest BCUT2D eigenvalue weighted by Gasteiger charge is 2.26. The lowest BCUT2D eigenvalue weighted by atomic mass is 9.95. The van der Waals surface area contributed by atoms with Gasteiger partial charge in [0.05, 0.1) is 18.8 Å². The minimum absolute atomic E-state index is 0.241. The fourth-order valence-corrected chi connectivity index (χ4v) is 3.31. The quantitative estimate of drug-likeness (QED) is 0.845. The molecule has 0 radical (unpaired) electrons. The van der Waals surface area contributed by atoms with E-state index in [2.05, 4.69) is 34.2 Å². The van der Waals surface area contributed by atoms with Gasteiger partial charge >= 0.3 is 0 Å². The first kappa shape index (κ1) is 15.8. The number of ether oxygens (including phenoxy) is 2. The normalized spacial score (nSPS) is 20.6. The number of nitrogens with one attached hydrogen (secondary N) is 1. The van der Waals surface area contributed by atoms with E-state index in [0.29, 0.717) is 6.61 Å². The number of halogens is 1. The lowest BCUT2D eigenvalue weighted by Crippen LogP contribution is -2.36. The van der Waals surface area contributed by atoms with Crippen LogP contribution in [0.3, 0.4) is 0 Å². The molecule has 1 N–H and O–H groups in total. The molecule has 4 heteroatoms. The first-order chi connectivity index (χ1) is 9.76. The lowest BCUT2D eigenvalue weighted by molar-refractivity contribution is -0.00802. The molecule has 2 rings (SSSR count). The third-order valence-electron chi connectivity index (χ3n) is 3.63. The fraction of sp³-hybridized carbons (Fsp3) is 0.625. The molecule has 0 aromatic heterocycles. The van der Waals surface area contributed by atoms with E-state index < -0.39 is 0 Å². The van der Waals surface area contributed by atoms with Gasteiger partial charge in [-0.1, -0.05) is 28.9 Å². The topological polar surface area (TPSA) is 30.5 Å². The van der Waals surface area contributed by atoms with Gasteiger partial charge in [0.25, 0.3) is 0 Å². The van der Waals surface area contributed by atoms with Crippen molar-refractivity contribution in [2.75, 3.05) is 19.8 Å². The van der Waals surface area contributed by atoms with Crippen LogP contribution < -0.4 is 10.1 Å². The van der Waals surface area contributed by atoms with Gasteiger partial charge in [-0.25, -0.2) is 0 Å². The average Bonchev–Trinajstić information content (AvgIpc) is 2.47. The molecule has 1 aliphatic heterocycles. The van der Waals surface area contributed by atoms with Gasteiger partial charge in [-0.15, -0.1) is 0 Å². The summed E-state index contributed by atoms with van der Waals surface area (Å²) in [6.45, 7) is 6.64. The van der Waals surface area contributed by atoms with Gasteiger partial charge in [-0.3, -0.25) is 0 Å². The predicted molar refractivity (Wildman–Crippen MR) is 85.3 cm³/mol. The molecular weight excluding hydrogens is 318 g/mol. The standard InChI is InChI=1S/C16H24BrNO2/c1-3-18-16(15-7-5-6-10-20-15)13-9-8-12(19-4-2)11-14(13)17/h8-9,11,15-16,18H,3-7,10H2,1-2H3. The van der Waals surface area contributed by atoms with E-state index in [4.69, 9.17) is 9.47 Å². The molecule has 2 atom stereocenters. The number of likely N-dealkylation sites (N-methyl/N-ethyl adjacent to an activating group) is 1. The maximum atomic E-state index is 5.97. The van der Waals surface area contributed by atoms with Gasteiger partial charge in [-0.2, -0.15) is 0 Å². The van der Waals surface area contributed by atoms with Crippen molar-refractivity contribution in [2.24, 2.45) is 0 Å². The van der Waals surface area contributed by atoms with Crippen molar-refractivity contribution in [3.05, 3.63) is 28.2 Å². The summed E-state index contributed by atoms with van der Waals surface area (Å²) in [5.74, 6) is 0.905. The lowest BCUT2D eigenvalue weighted by Gasteiger charge is -2.32. The minimum atomic E-state index is 0.241. The third-order valence-corrected chi connectivity index (χ3v) is 4.32. The van der Waals surface area contributed by atoms with Gasteiger partial charge < -0.3 is 14.8 Å². The Labute approximate surface area is 130 Å². The van der Waals surface area contributed by atoms with Gasteiger partial charge in [0, 0.05) is 11.1 Å². The molecule has 1 aromatic carbocycles. The zero-order valence-electron chi connectivity index (χ0n) is 12.3. The first-order valence-electron chi connectivity index (χ1n) is 7.53. The molecule has 0 aliphatic carbocycles. The molecule has 0 amide bonds. The van der Waals surface area contributed by atoms with Crippen molar-refractivity contribution in [1.29, 1.82) is 0 Å². The third kappa shape index (κ3) is 3.96. The molecule has 3 nitrogen and oxygen atoms in total. The molecule has 112 valence electrons. The summed E-state index contributed by atoms with van der Waals surface area (Å²) >= 11 is 3.68. The Morgan fingerprint density at radius 1 is 1.40 bits per heavy atom. The highest BCUT2D eigenvalue weighted by atomic mass is 79.9. The van der Waals surface area contributed by atoms with Gasteiger partial charge in [0.1, 0.15) is 5.75 Å². The zero-order valence-corrected chi connectivity index (χ0v) is 13.9. The second-order valence-electron chi connectivity index (χ2n) is 5.06. The smallest absolute Gasteiger partial charge is 0.120 e. The predicted octanol–water partition coefficient (Wildman–Crippen LogP) is 4.07. The number of hydrogen-bond donors (Lipinski definition) is 1. The van der Waals surface area contributed by atoms with Crippen LogP contribution in [-0.2, 0) is 4.74 Å². The summed E-state index contributed by atoms with van der Waals surface area (Å²) in [5, 5.41) is 3.57. The Bertz CT molecular complexity index is 419. The average molecular weight is 342 g/mol. The van der Waals surface area contributed by atoms with Crippen LogP contribution in [0.4, 0.5) is 0 Å². The van der Waals surface area contributed by atoms with Crippen LogP contribution in [0, 0.1) is 0 Å². The largest absolute Gasteiger partial charge is 0.494 e.